The van der Waals surface area contributed by atoms with E-state index in [0.29, 0.717) is 17.9 Å². The van der Waals surface area contributed by atoms with Crippen molar-refractivity contribution in [3.63, 3.8) is 0 Å². The van der Waals surface area contributed by atoms with E-state index in [0.717, 1.165) is 18.9 Å². The van der Waals surface area contributed by atoms with Gasteiger partial charge in [-0.1, -0.05) is 47.0 Å². The van der Waals surface area contributed by atoms with Crippen molar-refractivity contribution in [3.05, 3.63) is 0 Å². The minimum Gasteiger partial charge on any atom is -0.330 e. The predicted molar refractivity (Wildman–Crippen MR) is 73.3 cm³/mol. The van der Waals surface area contributed by atoms with Gasteiger partial charge in [-0.05, 0) is 37.1 Å². The molecule has 2 nitrogen and oxygen atoms in total. The molecule has 0 aromatic heterocycles. The summed E-state index contributed by atoms with van der Waals surface area (Å²) < 4.78 is 0. The lowest BCUT2D eigenvalue weighted by molar-refractivity contribution is 0.218. The number of unbranched alkanes of at least 4 members (excludes halogenated alkanes) is 1. The van der Waals surface area contributed by atoms with Crippen LogP contribution in [0, 0.1) is 17.8 Å². The van der Waals surface area contributed by atoms with Crippen molar-refractivity contribution >= 4 is 0 Å². The quantitative estimate of drug-likeness (QED) is 0.596. The zero-order valence-electron chi connectivity index (χ0n) is 11.7. The molecule has 0 aliphatic rings. The van der Waals surface area contributed by atoms with Gasteiger partial charge in [-0.25, -0.2) is 0 Å². The molecule has 0 aliphatic heterocycles. The molecule has 4 N–H and O–H groups in total. The van der Waals surface area contributed by atoms with Crippen molar-refractivity contribution in [2.45, 2.75) is 65.8 Å². The maximum absolute atomic E-state index is 6.40. The van der Waals surface area contributed by atoms with Gasteiger partial charge in [-0.15, -0.1) is 0 Å². The van der Waals surface area contributed by atoms with E-state index >= 15 is 0 Å². The molecular weight excluding hydrogens is 196 g/mol. The van der Waals surface area contributed by atoms with E-state index in [9.17, 15) is 0 Å². The molecule has 0 saturated heterocycles. The Balaban J connectivity index is 4.28. The smallest absolute Gasteiger partial charge is 0.00954 e. The molecule has 0 aliphatic carbocycles. The molecule has 4 unspecified atom stereocenters. The summed E-state index contributed by atoms with van der Waals surface area (Å²) >= 11 is 0. The SMILES string of the molecule is CCC(C)C(N)C(CCCCN)C(C)CC. The molecule has 0 radical (unpaired) electrons. The maximum atomic E-state index is 6.40. The van der Waals surface area contributed by atoms with Gasteiger partial charge in [-0.2, -0.15) is 0 Å². The molecule has 0 aromatic rings. The zero-order valence-corrected chi connectivity index (χ0v) is 11.7. The first-order valence-electron chi connectivity index (χ1n) is 7.04. The lowest BCUT2D eigenvalue weighted by Crippen LogP contribution is -2.39. The second-order valence-corrected chi connectivity index (χ2v) is 5.30. The molecular formula is C14H32N2. The Labute approximate surface area is 102 Å². The van der Waals surface area contributed by atoms with Crippen LogP contribution in [0.5, 0.6) is 0 Å². The molecule has 0 spiro atoms. The molecule has 0 bridgehead atoms. The second-order valence-electron chi connectivity index (χ2n) is 5.30. The van der Waals surface area contributed by atoms with Gasteiger partial charge in [0.1, 0.15) is 0 Å². The van der Waals surface area contributed by atoms with Gasteiger partial charge in [0.05, 0.1) is 0 Å². The van der Waals surface area contributed by atoms with E-state index in [1.54, 1.807) is 0 Å². The van der Waals surface area contributed by atoms with Crippen LogP contribution < -0.4 is 11.5 Å². The van der Waals surface area contributed by atoms with Crippen LogP contribution in [0.4, 0.5) is 0 Å². The summed E-state index contributed by atoms with van der Waals surface area (Å²) in [6.07, 6.45) is 6.04. The molecule has 0 heterocycles. The first-order chi connectivity index (χ1) is 7.58. The molecule has 0 saturated carbocycles. The molecule has 16 heavy (non-hydrogen) atoms. The van der Waals surface area contributed by atoms with Crippen LogP contribution in [0.2, 0.25) is 0 Å². The van der Waals surface area contributed by atoms with Crippen molar-refractivity contribution in [2.24, 2.45) is 29.2 Å². The summed E-state index contributed by atoms with van der Waals surface area (Å²) in [6.45, 7) is 9.94. The highest BCUT2D eigenvalue weighted by Gasteiger charge is 2.25. The fourth-order valence-corrected chi connectivity index (χ4v) is 2.38. The summed E-state index contributed by atoms with van der Waals surface area (Å²) in [5.74, 6) is 2.05. The average Bonchev–Trinajstić information content (AvgIpc) is 2.32. The molecule has 2 heteroatoms. The summed E-state index contributed by atoms with van der Waals surface area (Å²) in [5, 5.41) is 0. The van der Waals surface area contributed by atoms with Crippen molar-refractivity contribution in [3.8, 4) is 0 Å². The van der Waals surface area contributed by atoms with Crippen LogP contribution in [0.25, 0.3) is 0 Å². The first-order valence-corrected chi connectivity index (χ1v) is 7.04. The molecule has 0 amide bonds. The molecule has 98 valence electrons. The Morgan fingerprint density at radius 3 is 1.94 bits per heavy atom. The molecule has 0 aromatic carbocycles. The van der Waals surface area contributed by atoms with Crippen molar-refractivity contribution < 1.29 is 0 Å². The highest BCUT2D eigenvalue weighted by atomic mass is 14.7. The topological polar surface area (TPSA) is 52.0 Å². The molecule has 0 fully saturated rings. The number of rotatable bonds is 9. The number of hydrogen-bond donors (Lipinski definition) is 2. The highest BCUT2D eigenvalue weighted by molar-refractivity contribution is 4.80. The Morgan fingerprint density at radius 2 is 1.50 bits per heavy atom. The third kappa shape index (κ3) is 5.31. The van der Waals surface area contributed by atoms with Crippen LogP contribution in [-0.4, -0.2) is 12.6 Å². The van der Waals surface area contributed by atoms with Crippen LogP contribution in [0.3, 0.4) is 0 Å². The lowest BCUT2D eigenvalue weighted by atomic mass is 9.77. The first kappa shape index (κ1) is 15.9. The number of hydrogen-bond acceptors (Lipinski definition) is 2. The Kier molecular flexibility index (Phi) is 8.96. The van der Waals surface area contributed by atoms with E-state index < -0.39 is 0 Å². The Bertz CT molecular complexity index is 159. The summed E-state index contributed by atoms with van der Waals surface area (Å²) in [7, 11) is 0. The molecule has 0 rings (SSSR count). The fourth-order valence-electron chi connectivity index (χ4n) is 2.38. The van der Waals surface area contributed by atoms with E-state index in [1.165, 1.54) is 25.7 Å². The van der Waals surface area contributed by atoms with Gasteiger partial charge in [0.25, 0.3) is 0 Å². The number of nitrogens with two attached hydrogens (primary N) is 2. The van der Waals surface area contributed by atoms with Gasteiger partial charge in [0.2, 0.25) is 0 Å². The van der Waals surface area contributed by atoms with Crippen molar-refractivity contribution in [2.75, 3.05) is 6.54 Å². The van der Waals surface area contributed by atoms with Gasteiger partial charge in [-0.3, -0.25) is 0 Å². The Morgan fingerprint density at radius 1 is 0.938 bits per heavy atom. The molecule has 4 atom stereocenters. The third-order valence-electron chi connectivity index (χ3n) is 4.16. The third-order valence-corrected chi connectivity index (χ3v) is 4.16. The van der Waals surface area contributed by atoms with Crippen molar-refractivity contribution in [1.82, 2.24) is 0 Å². The summed E-state index contributed by atoms with van der Waals surface area (Å²) in [4.78, 5) is 0. The van der Waals surface area contributed by atoms with Crippen LogP contribution in [0.1, 0.15) is 59.8 Å². The van der Waals surface area contributed by atoms with Crippen LogP contribution >= 0.6 is 0 Å². The van der Waals surface area contributed by atoms with Gasteiger partial charge < -0.3 is 11.5 Å². The second kappa shape index (κ2) is 9.00. The van der Waals surface area contributed by atoms with Crippen LogP contribution in [0.15, 0.2) is 0 Å². The van der Waals surface area contributed by atoms with Crippen molar-refractivity contribution in [1.29, 1.82) is 0 Å². The normalized spacial score (nSPS) is 19.1. The van der Waals surface area contributed by atoms with E-state index in [2.05, 4.69) is 27.7 Å². The standard InChI is InChI=1S/C14H32N2/c1-5-11(3)13(9-7-8-10-15)14(16)12(4)6-2/h11-14H,5-10,15-16H2,1-4H3. The summed E-state index contributed by atoms with van der Waals surface area (Å²) in [6, 6.07) is 0.359. The minimum absolute atomic E-state index is 0.359. The summed E-state index contributed by atoms with van der Waals surface area (Å²) in [5.41, 5.74) is 12.0. The van der Waals surface area contributed by atoms with Crippen LogP contribution in [-0.2, 0) is 0 Å². The highest BCUT2D eigenvalue weighted by Crippen LogP contribution is 2.28. The largest absolute Gasteiger partial charge is 0.330 e. The lowest BCUT2D eigenvalue weighted by Gasteiger charge is -2.32. The Hall–Kier alpha value is -0.0800. The van der Waals surface area contributed by atoms with E-state index in [-0.39, 0.29) is 0 Å². The minimum atomic E-state index is 0.359. The van der Waals surface area contributed by atoms with E-state index in [4.69, 9.17) is 11.5 Å². The average molecular weight is 228 g/mol. The monoisotopic (exact) mass is 228 g/mol. The predicted octanol–water partition coefficient (Wildman–Crippen LogP) is 3.15. The zero-order chi connectivity index (χ0) is 12.6. The van der Waals surface area contributed by atoms with Gasteiger partial charge >= 0.3 is 0 Å². The fraction of sp³-hybridized carbons (Fsp3) is 1.00. The van der Waals surface area contributed by atoms with E-state index in [1.807, 2.05) is 0 Å². The van der Waals surface area contributed by atoms with Gasteiger partial charge in [0.15, 0.2) is 0 Å². The maximum Gasteiger partial charge on any atom is 0.00954 e. The van der Waals surface area contributed by atoms with Gasteiger partial charge in [0, 0.05) is 6.04 Å².